The Labute approximate surface area is 111 Å². The molecule has 0 aliphatic heterocycles. The minimum Gasteiger partial charge on any atom is -0.493 e. The van der Waals surface area contributed by atoms with Gasteiger partial charge < -0.3 is 10.5 Å². The van der Waals surface area contributed by atoms with Gasteiger partial charge in [0.05, 0.1) is 11.2 Å². The number of rotatable bonds is 1. The molecular formula is C15H18FNO. The molecule has 0 bridgehead atoms. The number of hydrogen-bond acceptors (Lipinski definition) is 2. The van der Waals surface area contributed by atoms with Crippen molar-refractivity contribution in [2.45, 2.75) is 26.2 Å². The predicted molar refractivity (Wildman–Crippen MR) is 73.6 cm³/mol. The Morgan fingerprint density at radius 3 is 2.61 bits per heavy atom. The molecule has 0 fully saturated rings. The molecule has 0 spiro atoms. The van der Waals surface area contributed by atoms with Crippen LogP contribution in [0.15, 0.2) is 24.3 Å². The quantitative estimate of drug-likeness (QED) is 0.780. The van der Waals surface area contributed by atoms with Crippen molar-refractivity contribution < 1.29 is 13.2 Å². The molecule has 2 aromatic carbocycles. The molecule has 2 nitrogen and oxygen atoms in total. The molecule has 0 saturated heterocycles. The zero-order valence-electron chi connectivity index (χ0n) is 13.7. The number of nitrogens with two attached hydrogens (primary N) is 1. The summed E-state index contributed by atoms with van der Waals surface area (Å²) in [5, 5.41) is 1.11. The Balaban J connectivity index is 2.87. The highest BCUT2D eigenvalue weighted by molar-refractivity contribution is 5.94. The molecule has 2 N–H and O–H groups in total. The summed E-state index contributed by atoms with van der Waals surface area (Å²) in [6.07, 6.45) is 0. The third kappa shape index (κ3) is 2.01. The second kappa shape index (κ2) is 4.16. The van der Waals surface area contributed by atoms with E-state index in [9.17, 15) is 4.39 Å². The lowest BCUT2D eigenvalue weighted by Crippen LogP contribution is -2.13. The highest BCUT2D eigenvalue weighted by Gasteiger charge is 2.21. The third-order valence-electron chi connectivity index (χ3n) is 2.95. The first-order valence-corrected chi connectivity index (χ1v) is 5.70. The van der Waals surface area contributed by atoms with Crippen LogP contribution in [-0.4, -0.2) is 7.04 Å². The van der Waals surface area contributed by atoms with E-state index in [1.54, 1.807) is 18.2 Å². The lowest BCUT2D eigenvalue weighted by molar-refractivity contribution is 0.391. The van der Waals surface area contributed by atoms with E-state index in [1.807, 2.05) is 20.8 Å². The summed E-state index contributed by atoms with van der Waals surface area (Å²) < 4.78 is 40.7. The summed E-state index contributed by atoms with van der Waals surface area (Å²) in [6.45, 7) is 5.85. The lowest BCUT2D eigenvalue weighted by atomic mass is 9.83. The van der Waals surface area contributed by atoms with E-state index in [-0.39, 0.29) is 11.2 Å². The molecule has 0 radical (unpaired) electrons. The number of ether oxygens (including phenoxy) is 1. The van der Waals surface area contributed by atoms with Gasteiger partial charge in [-0.1, -0.05) is 26.8 Å². The maximum atomic E-state index is 14.1. The molecule has 0 amide bonds. The Morgan fingerprint density at radius 2 is 2.00 bits per heavy atom. The Bertz CT molecular complexity index is 690. The van der Waals surface area contributed by atoms with Crippen LogP contribution in [0.5, 0.6) is 5.75 Å². The first-order chi connectivity index (χ1) is 9.49. The summed E-state index contributed by atoms with van der Waals surface area (Å²) in [5.41, 5.74) is 6.84. The summed E-state index contributed by atoms with van der Waals surface area (Å²) in [4.78, 5) is 0. The minimum atomic E-state index is -2.72. The van der Waals surface area contributed by atoms with Gasteiger partial charge in [0.1, 0.15) is 0 Å². The van der Waals surface area contributed by atoms with Crippen LogP contribution in [0.25, 0.3) is 10.8 Å². The fourth-order valence-electron chi connectivity index (χ4n) is 2.12. The zero-order chi connectivity index (χ0) is 16.0. The van der Waals surface area contributed by atoms with Gasteiger partial charge in [0, 0.05) is 11.1 Å². The molecule has 2 rings (SSSR count). The smallest absolute Gasteiger partial charge is 0.165 e. The lowest BCUT2D eigenvalue weighted by Gasteiger charge is -2.23. The van der Waals surface area contributed by atoms with E-state index >= 15 is 0 Å². The van der Waals surface area contributed by atoms with E-state index in [4.69, 9.17) is 14.6 Å². The number of fused-ring (bicyclic) bond motifs is 1. The van der Waals surface area contributed by atoms with E-state index in [0.29, 0.717) is 16.5 Å². The molecule has 3 heteroatoms. The van der Waals surface area contributed by atoms with Crippen molar-refractivity contribution in [3.05, 3.63) is 35.6 Å². The molecule has 0 heterocycles. The first kappa shape index (κ1) is 9.20. The van der Waals surface area contributed by atoms with Gasteiger partial charge in [-0.2, -0.15) is 0 Å². The topological polar surface area (TPSA) is 35.2 Å². The highest BCUT2D eigenvalue weighted by atomic mass is 19.1. The van der Waals surface area contributed by atoms with Crippen LogP contribution >= 0.6 is 0 Å². The average Bonchev–Trinajstić information content (AvgIpc) is 2.29. The van der Waals surface area contributed by atoms with Crippen molar-refractivity contribution in [1.82, 2.24) is 0 Å². The number of halogens is 1. The normalized spacial score (nSPS) is 15.0. The van der Waals surface area contributed by atoms with Crippen LogP contribution < -0.4 is 10.5 Å². The predicted octanol–water partition coefficient (Wildman–Crippen LogP) is 3.87. The summed E-state index contributed by atoms with van der Waals surface area (Å²) in [5.74, 6) is -0.952. The molecule has 0 atom stereocenters. The van der Waals surface area contributed by atoms with Crippen LogP contribution in [0.4, 0.5) is 10.1 Å². The largest absolute Gasteiger partial charge is 0.493 e. The van der Waals surface area contributed by atoms with Crippen LogP contribution in [0, 0.1) is 5.82 Å². The van der Waals surface area contributed by atoms with Crippen molar-refractivity contribution in [3.63, 3.8) is 0 Å². The molecule has 0 aliphatic rings. The Morgan fingerprint density at radius 1 is 1.28 bits per heavy atom. The van der Waals surface area contributed by atoms with Gasteiger partial charge in [0.15, 0.2) is 11.6 Å². The second-order valence-electron chi connectivity index (χ2n) is 5.40. The first-order valence-electron chi connectivity index (χ1n) is 7.20. The number of nitrogen functional groups attached to an aromatic ring is 1. The van der Waals surface area contributed by atoms with Crippen LogP contribution in [-0.2, 0) is 5.41 Å². The molecule has 0 aromatic heterocycles. The Kier molecular flexibility index (Phi) is 2.13. The van der Waals surface area contributed by atoms with Gasteiger partial charge in [0.2, 0.25) is 0 Å². The summed E-state index contributed by atoms with van der Waals surface area (Å²) in [7, 11) is -2.72. The van der Waals surface area contributed by atoms with Crippen molar-refractivity contribution in [2.75, 3.05) is 12.8 Å². The summed E-state index contributed by atoms with van der Waals surface area (Å²) >= 11 is 0. The van der Waals surface area contributed by atoms with Crippen LogP contribution in [0.2, 0.25) is 0 Å². The molecule has 0 aliphatic carbocycles. The number of hydrogen-bond donors (Lipinski definition) is 1. The molecule has 96 valence electrons. The van der Waals surface area contributed by atoms with Gasteiger partial charge in [-0.3, -0.25) is 0 Å². The molecular weight excluding hydrogens is 229 g/mol. The standard InChI is InChI=1S/C15H18FNO/c1-15(2,3)11-8-10(17)7-9-5-6-12(16)14(18-4)13(9)11/h5-8H,17H2,1-4H3/i4D3. The van der Waals surface area contributed by atoms with Gasteiger partial charge in [0.25, 0.3) is 0 Å². The van der Waals surface area contributed by atoms with Crippen molar-refractivity contribution in [3.8, 4) is 5.75 Å². The van der Waals surface area contributed by atoms with Crippen LogP contribution in [0.1, 0.15) is 30.4 Å². The third-order valence-corrected chi connectivity index (χ3v) is 2.95. The van der Waals surface area contributed by atoms with Gasteiger partial charge in [-0.05, 0) is 34.6 Å². The van der Waals surface area contributed by atoms with Crippen molar-refractivity contribution in [2.24, 2.45) is 0 Å². The van der Waals surface area contributed by atoms with Crippen LogP contribution in [0.3, 0.4) is 0 Å². The zero-order valence-corrected chi connectivity index (χ0v) is 10.7. The SMILES string of the molecule is [2H]C([2H])([2H])Oc1c(F)ccc2cc(N)cc(C(C)(C)C)c12. The number of anilines is 1. The fraction of sp³-hybridized carbons (Fsp3) is 0.333. The van der Waals surface area contributed by atoms with E-state index in [0.717, 1.165) is 5.56 Å². The Hall–Kier alpha value is -1.77. The van der Waals surface area contributed by atoms with Crippen molar-refractivity contribution in [1.29, 1.82) is 0 Å². The van der Waals surface area contributed by atoms with E-state index in [1.165, 1.54) is 6.07 Å². The van der Waals surface area contributed by atoms with Crippen molar-refractivity contribution >= 4 is 16.5 Å². The second-order valence-corrected chi connectivity index (χ2v) is 5.40. The van der Waals surface area contributed by atoms with Gasteiger partial charge in [-0.25, -0.2) is 4.39 Å². The fourth-order valence-corrected chi connectivity index (χ4v) is 2.12. The number of methoxy groups -OCH3 is 1. The van der Waals surface area contributed by atoms with Gasteiger partial charge >= 0.3 is 0 Å². The van der Waals surface area contributed by atoms with Gasteiger partial charge in [-0.15, -0.1) is 0 Å². The van der Waals surface area contributed by atoms with E-state index < -0.39 is 12.9 Å². The minimum absolute atomic E-state index is 0.252. The molecule has 2 aromatic rings. The number of benzene rings is 2. The highest BCUT2D eigenvalue weighted by Crippen LogP contribution is 2.38. The maximum Gasteiger partial charge on any atom is 0.165 e. The molecule has 0 saturated carbocycles. The molecule has 18 heavy (non-hydrogen) atoms. The average molecular weight is 250 g/mol. The summed E-state index contributed by atoms with van der Waals surface area (Å²) in [6, 6.07) is 6.17. The maximum absolute atomic E-state index is 14.1. The molecule has 0 unspecified atom stereocenters. The monoisotopic (exact) mass is 250 g/mol. The van der Waals surface area contributed by atoms with E-state index in [2.05, 4.69) is 0 Å².